The van der Waals surface area contributed by atoms with E-state index in [4.69, 9.17) is 11.5 Å². The molecule has 1 fully saturated rings. The lowest BCUT2D eigenvalue weighted by molar-refractivity contribution is 0.250. The van der Waals surface area contributed by atoms with Crippen LogP contribution < -0.4 is 11.5 Å². The van der Waals surface area contributed by atoms with Crippen LogP contribution in [0, 0.1) is 19.8 Å². The van der Waals surface area contributed by atoms with Crippen molar-refractivity contribution in [1.82, 2.24) is 0 Å². The predicted octanol–water partition coefficient (Wildman–Crippen LogP) is 15.9. The van der Waals surface area contributed by atoms with E-state index >= 15 is 0 Å². The molecular weight excluding hydrogens is 677 g/mol. The van der Waals surface area contributed by atoms with Crippen molar-refractivity contribution < 1.29 is 0 Å². The molecule has 0 bridgehead atoms. The van der Waals surface area contributed by atoms with E-state index in [1.165, 1.54) is 179 Å². The quantitative estimate of drug-likeness (QED) is 0.0585. The number of nitrogen functional groups attached to an aromatic ring is 2. The second kappa shape index (κ2) is 22.4. The third-order valence-corrected chi connectivity index (χ3v) is 13.7. The molecule has 5 rings (SSSR count). The van der Waals surface area contributed by atoms with Crippen molar-refractivity contribution in [1.29, 1.82) is 0 Å². The Hall–Kier alpha value is -3.52. The second-order valence-corrected chi connectivity index (χ2v) is 17.9. The van der Waals surface area contributed by atoms with E-state index < -0.39 is 0 Å². The van der Waals surface area contributed by atoms with Crippen molar-refractivity contribution in [3.63, 3.8) is 0 Å². The fraction of sp³-hybridized carbons (Fsp3) is 0.556. The van der Waals surface area contributed by atoms with Gasteiger partial charge in [0.2, 0.25) is 0 Å². The minimum Gasteiger partial charge on any atom is -0.399 e. The lowest BCUT2D eigenvalue weighted by Crippen LogP contribution is -2.33. The van der Waals surface area contributed by atoms with Crippen molar-refractivity contribution >= 4 is 11.4 Å². The highest BCUT2D eigenvalue weighted by Gasteiger charge is 2.38. The van der Waals surface area contributed by atoms with Gasteiger partial charge >= 0.3 is 0 Å². The van der Waals surface area contributed by atoms with E-state index in [1.807, 2.05) is 0 Å². The lowest BCUT2D eigenvalue weighted by atomic mass is 9.62. The Labute approximate surface area is 343 Å². The summed E-state index contributed by atoms with van der Waals surface area (Å²) in [6.07, 6.45) is 27.7. The molecule has 0 aliphatic heterocycles. The Morgan fingerprint density at radius 1 is 0.500 bits per heavy atom. The minimum atomic E-state index is 0.0521. The zero-order valence-corrected chi connectivity index (χ0v) is 36.3. The molecule has 0 amide bonds. The van der Waals surface area contributed by atoms with Gasteiger partial charge in [0.15, 0.2) is 0 Å². The molecule has 0 spiro atoms. The van der Waals surface area contributed by atoms with Crippen LogP contribution in [0.3, 0.4) is 0 Å². The second-order valence-electron chi connectivity index (χ2n) is 17.9. The van der Waals surface area contributed by atoms with Gasteiger partial charge in [0, 0.05) is 28.6 Å². The number of benzene rings is 4. The molecule has 2 nitrogen and oxygen atoms in total. The van der Waals surface area contributed by atoms with Crippen LogP contribution in [0.15, 0.2) is 84.9 Å². The van der Waals surface area contributed by atoms with Gasteiger partial charge in [-0.3, -0.25) is 0 Å². The average molecular weight is 755 g/mol. The van der Waals surface area contributed by atoms with E-state index in [-0.39, 0.29) is 5.41 Å². The van der Waals surface area contributed by atoms with Gasteiger partial charge in [0.1, 0.15) is 0 Å². The third kappa shape index (κ3) is 11.8. The molecule has 4 N–H and O–H groups in total. The summed E-state index contributed by atoms with van der Waals surface area (Å²) in [7, 11) is 0. The largest absolute Gasteiger partial charge is 0.399 e. The van der Waals surface area contributed by atoms with E-state index in [1.54, 1.807) is 0 Å². The summed E-state index contributed by atoms with van der Waals surface area (Å²) in [4.78, 5) is 0. The van der Waals surface area contributed by atoms with Gasteiger partial charge in [0.05, 0.1) is 0 Å². The molecule has 1 saturated carbocycles. The number of hydrogen-bond acceptors (Lipinski definition) is 2. The molecule has 2 unspecified atom stereocenters. The standard InChI is InChI=1S/C54H78N2/c1-6-9-12-13-14-15-16-19-20-43-35-37-54(38-36-43,46-27-23-44(24-28-46)52(21-17-10-7-2)50-33-31-48(55)39-41(50)4)47-29-25-45(26-30-47)53(22-18-11-8-3)51-34-32-49(56)40-42(51)5/h23-34,39-40,43,52-53H,6-22,35-38,55-56H2,1-5H3. The normalized spacial score (nSPS) is 18.2. The van der Waals surface area contributed by atoms with Crippen molar-refractivity contribution in [3.8, 4) is 0 Å². The van der Waals surface area contributed by atoms with Crippen molar-refractivity contribution in [2.24, 2.45) is 5.92 Å². The van der Waals surface area contributed by atoms with Crippen LogP contribution in [-0.2, 0) is 5.41 Å². The Balaban J connectivity index is 1.41. The molecule has 4 aromatic carbocycles. The van der Waals surface area contributed by atoms with Crippen LogP contribution in [0.5, 0.6) is 0 Å². The van der Waals surface area contributed by atoms with E-state index in [9.17, 15) is 0 Å². The fourth-order valence-corrected chi connectivity index (χ4v) is 10.2. The maximum absolute atomic E-state index is 6.22. The molecule has 304 valence electrons. The molecule has 4 aromatic rings. The first-order chi connectivity index (χ1) is 27.3. The zero-order valence-electron chi connectivity index (χ0n) is 36.3. The van der Waals surface area contributed by atoms with Gasteiger partial charge in [-0.1, -0.05) is 178 Å². The zero-order chi connectivity index (χ0) is 39.8. The Bertz CT molecular complexity index is 1600. The number of unbranched alkanes of at least 4 members (excludes halogenated alkanes) is 11. The molecule has 0 radical (unpaired) electrons. The van der Waals surface area contributed by atoms with E-state index in [2.05, 4.69) is 120 Å². The highest BCUT2D eigenvalue weighted by molar-refractivity contribution is 5.51. The van der Waals surface area contributed by atoms with Gasteiger partial charge in [-0.25, -0.2) is 0 Å². The summed E-state index contributed by atoms with van der Waals surface area (Å²) >= 11 is 0. The predicted molar refractivity (Wildman–Crippen MR) is 246 cm³/mol. The number of nitrogens with two attached hydrogens (primary N) is 2. The van der Waals surface area contributed by atoms with Gasteiger partial charge in [0.25, 0.3) is 0 Å². The number of hydrogen-bond donors (Lipinski definition) is 2. The number of aryl methyl sites for hydroxylation is 2. The number of anilines is 2. The van der Waals surface area contributed by atoms with Crippen LogP contribution in [0.1, 0.15) is 212 Å². The Morgan fingerprint density at radius 2 is 0.893 bits per heavy atom. The van der Waals surface area contributed by atoms with Crippen LogP contribution in [0.2, 0.25) is 0 Å². The van der Waals surface area contributed by atoms with Crippen LogP contribution in [-0.4, -0.2) is 0 Å². The van der Waals surface area contributed by atoms with E-state index in [0.717, 1.165) is 17.3 Å². The summed E-state index contributed by atoms with van der Waals surface area (Å²) in [5, 5.41) is 0. The molecule has 1 aliphatic carbocycles. The monoisotopic (exact) mass is 755 g/mol. The van der Waals surface area contributed by atoms with Crippen LogP contribution in [0.4, 0.5) is 11.4 Å². The Kier molecular flexibility index (Phi) is 17.5. The minimum absolute atomic E-state index is 0.0521. The first-order valence-corrected chi connectivity index (χ1v) is 23.2. The molecular formula is C54H78N2. The maximum atomic E-state index is 6.22. The molecule has 1 aliphatic rings. The summed E-state index contributed by atoms with van der Waals surface area (Å²) in [6.45, 7) is 11.4. The smallest absolute Gasteiger partial charge is 0.0316 e. The molecule has 0 aromatic heterocycles. The first kappa shape index (κ1) is 43.6. The van der Waals surface area contributed by atoms with Crippen molar-refractivity contribution in [2.45, 2.75) is 187 Å². The van der Waals surface area contributed by atoms with Crippen molar-refractivity contribution in [3.05, 3.63) is 129 Å². The van der Waals surface area contributed by atoms with Gasteiger partial charge in [-0.15, -0.1) is 0 Å². The molecule has 0 heterocycles. The topological polar surface area (TPSA) is 52.0 Å². The SMILES string of the molecule is CCCCCCCCCCC1CCC(c2ccc(C(CCCCC)c3ccc(N)cc3C)cc2)(c2ccc(C(CCCCC)c3ccc(N)cc3C)cc2)CC1. The van der Waals surface area contributed by atoms with E-state index in [0.29, 0.717) is 11.8 Å². The summed E-state index contributed by atoms with van der Waals surface area (Å²) in [6, 6.07) is 33.1. The van der Waals surface area contributed by atoms with Crippen molar-refractivity contribution in [2.75, 3.05) is 11.5 Å². The molecule has 56 heavy (non-hydrogen) atoms. The van der Waals surface area contributed by atoms with Gasteiger partial charge < -0.3 is 11.5 Å². The maximum Gasteiger partial charge on any atom is 0.0316 e. The van der Waals surface area contributed by atoms with Gasteiger partial charge in [-0.2, -0.15) is 0 Å². The average Bonchev–Trinajstić information content (AvgIpc) is 3.20. The molecule has 2 heteroatoms. The van der Waals surface area contributed by atoms with Gasteiger partial charge in [-0.05, 0) is 127 Å². The summed E-state index contributed by atoms with van der Waals surface area (Å²) in [5.74, 6) is 1.65. The van der Waals surface area contributed by atoms with Crippen LogP contribution >= 0.6 is 0 Å². The third-order valence-electron chi connectivity index (χ3n) is 13.7. The molecule has 2 atom stereocenters. The molecule has 0 saturated heterocycles. The lowest BCUT2D eigenvalue weighted by Gasteiger charge is -2.42. The number of rotatable bonds is 23. The highest BCUT2D eigenvalue weighted by Crippen LogP contribution is 2.48. The Morgan fingerprint density at radius 3 is 1.30 bits per heavy atom. The highest BCUT2D eigenvalue weighted by atomic mass is 14.5. The fourth-order valence-electron chi connectivity index (χ4n) is 10.2. The first-order valence-electron chi connectivity index (χ1n) is 23.2. The summed E-state index contributed by atoms with van der Waals surface area (Å²) < 4.78 is 0. The van der Waals surface area contributed by atoms with Crippen LogP contribution in [0.25, 0.3) is 0 Å². The summed E-state index contributed by atoms with van der Waals surface area (Å²) in [5.41, 5.74) is 25.6.